The molecule has 2 heterocycles. The van der Waals surface area contributed by atoms with Crippen molar-refractivity contribution >= 4 is 17.7 Å². The molecule has 1 saturated heterocycles. The number of carbonyl (C=O) groups excluding carboxylic acids is 1. The first-order valence-electron chi connectivity index (χ1n) is 8.01. The van der Waals surface area contributed by atoms with Gasteiger partial charge in [0.1, 0.15) is 5.37 Å². The lowest BCUT2D eigenvalue weighted by Crippen LogP contribution is -2.30. The second-order valence-electron chi connectivity index (χ2n) is 6.22. The fourth-order valence-corrected chi connectivity index (χ4v) is 4.77. The first kappa shape index (κ1) is 16.1. The van der Waals surface area contributed by atoms with Crippen LogP contribution < -0.4 is 0 Å². The van der Waals surface area contributed by atoms with Crippen molar-refractivity contribution in [3.8, 4) is 0 Å². The third kappa shape index (κ3) is 3.44. The number of amides is 1. The van der Waals surface area contributed by atoms with Crippen LogP contribution in [0.4, 0.5) is 0 Å². The summed E-state index contributed by atoms with van der Waals surface area (Å²) in [6.45, 7) is 8.12. The van der Waals surface area contributed by atoms with Gasteiger partial charge in [0.25, 0.3) is 0 Å². The van der Waals surface area contributed by atoms with Gasteiger partial charge in [0.15, 0.2) is 0 Å². The maximum absolute atomic E-state index is 12.3. The van der Waals surface area contributed by atoms with Crippen molar-refractivity contribution in [2.75, 3.05) is 12.3 Å². The summed E-state index contributed by atoms with van der Waals surface area (Å²) in [5, 5.41) is 0.158. The first-order valence-corrected chi connectivity index (χ1v) is 9.05. The number of hydrogen-bond donors (Lipinski definition) is 0. The van der Waals surface area contributed by atoms with Crippen LogP contribution in [0.15, 0.2) is 30.9 Å². The Morgan fingerprint density at radius 3 is 2.61 bits per heavy atom. The summed E-state index contributed by atoms with van der Waals surface area (Å²) in [6.07, 6.45) is 6.53. The number of thioether (sulfide) groups is 1. The number of aromatic nitrogens is 2. The average Bonchev–Trinajstić information content (AvgIpc) is 3.10. The van der Waals surface area contributed by atoms with Gasteiger partial charge in [0, 0.05) is 25.5 Å². The second kappa shape index (κ2) is 6.79. The van der Waals surface area contributed by atoms with Gasteiger partial charge in [-0.25, -0.2) is 4.98 Å². The number of imidazole rings is 1. The largest absolute Gasteiger partial charge is 0.337 e. The maximum atomic E-state index is 12.3. The molecule has 0 radical (unpaired) electrons. The Kier molecular flexibility index (Phi) is 4.76. The Balaban J connectivity index is 1.74. The van der Waals surface area contributed by atoms with Crippen LogP contribution in [0.1, 0.15) is 34.0 Å². The Morgan fingerprint density at radius 1 is 1.22 bits per heavy atom. The Morgan fingerprint density at radius 2 is 1.96 bits per heavy atom. The van der Waals surface area contributed by atoms with Crippen molar-refractivity contribution in [3.05, 3.63) is 53.1 Å². The van der Waals surface area contributed by atoms with Gasteiger partial charge in [0.05, 0.1) is 12.1 Å². The summed E-state index contributed by atoms with van der Waals surface area (Å²) < 4.78 is 2.06. The molecule has 1 aromatic heterocycles. The zero-order valence-electron chi connectivity index (χ0n) is 14.0. The van der Waals surface area contributed by atoms with Gasteiger partial charge in [-0.15, -0.1) is 11.8 Å². The molecule has 0 aliphatic carbocycles. The predicted molar refractivity (Wildman–Crippen MR) is 94.4 cm³/mol. The molecule has 23 heavy (non-hydrogen) atoms. The number of carbonyl (C=O) groups is 1. The van der Waals surface area contributed by atoms with Crippen LogP contribution in [0.3, 0.4) is 0 Å². The minimum Gasteiger partial charge on any atom is -0.337 e. The van der Waals surface area contributed by atoms with E-state index in [9.17, 15) is 4.79 Å². The molecule has 1 amide bonds. The fraction of sp³-hybridized carbons (Fsp3) is 0.444. The van der Waals surface area contributed by atoms with E-state index in [-0.39, 0.29) is 11.3 Å². The minimum atomic E-state index is 0.158. The van der Waals surface area contributed by atoms with Crippen LogP contribution >= 0.6 is 11.8 Å². The van der Waals surface area contributed by atoms with Crippen molar-refractivity contribution in [1.29, 1.82) is 0 Å². The topological polar surface area (TPSA) is 38.1 Å². The summed E-state index contributed by atoms with van der Waals surface area (Å²) in [7, 11) is 0. The zero-order valence-corrected chi connectivity index (χ0v) is 14.8. The van der Waals surface area contributed by atoms with Gasteiger partial charge in [0.2, 0.25) is 5.91 Å². The SMILES string of the molecule is Cc1cc(C)c(C2SCC(=O)N2CCCn2ccnc2)c(C)c1. The quantitative estimate of drug-likeness (QED) is 0.843. The van der Waals surface area contributed by atoms with Crippen LogP contribution in [0.25, 0.3) is 0 Å². The summed E-state index contributed by atoms with van der Waals surface area (Å²) in [5.74, 6) is 0.840. The molecule has 1 unspecified atom stereocenters. The highest BCUT2D eigenvalue weighted by Crippen LogP contribution is 2.41. The second-order valence-corrected chi connectivity index (χ2v) is 7.29. The highest BCUT2D eigenvalue weighted by molar-refractivity contribution is 8.00. The molecule has 5 heteroatoms. The van der Waals surface area contributed by atoms with Gasteiger partial charge < -0.3 is 9.47 Å². The van der Waals surface area contributed by atoms with Crippen LogP contribution in [0.5, 0.6) is 0 Å². The molecule has 0 bridgehead atoms. The highest BCUT2D eigenvalue weighted by Gasteiger charge is 2.34. The molecule has 1 fully saturated rings. The third-order valence-electron chi connectivity index (χ3n) is 4.33. The normalized spacial score (nSPS) is 18.0. The van der Waals surface area contributed by atoms with Crippen molar-refractivity contribution in [2.45, 2.75) is 39.1 Å². The van der Waals surface area contributed by atoms with Crippen molar-refractivity contribution < 1.29 is 4.79 Å². The highest BCUT2D eigenvalue weighted by atomic mass is 32.2. The van der Waals surface area contributed by atoms with E-state index in [1.165, 1.54) is 22.3 Å². The van der Waals surface area contributed by atoms with E-state index in [2.05, 4.69) is 42.5 Å². The van der Waals surface area contributed by atoms with Crippen LogP contribution in [-0.4, -0.2) is 32.7 Å². The molecule has 0 N–H and O–H groups in total. The minimum absolute atomic E-state index is 0.158. The van der Waals surface area contributed by atoms with E-state index < -0.39 is 0 Å². The lowest BCUT2D eigenvalue weighted by Gasteiger charge is -2.27. The lowest BCUT2D eigenvalue weighted by molar-refractivity contribution is -0.128. The summed E-state index contributed by atoms with van der Waals surface area (Å²) >= 11 is 1.75. The van der Waals surface area contributed by atoms with Crippen molar-refractivity contribution in [2.24, 2.45) is 0 Å². The molecule has 0 saturated carbocycles. The molecule has 0 spiro atoms. The molecule has 1 aliphatic rings. The number of benzene rings is 1. The summed E-state index contributed by atoms with van der Waals surface area (Å²) in [5.41, 5.74) is 5.17. The average molecular weight is 329 g/mol. The number of nitrogens with zero attached hydrogens (tertiary/aromatic N) is 3. The van der Waals surface area contributed by atoms with Gasteiger partial charge in [-0.2, -0.15) is 0 Å². The van der Waals surface area contributed by atoms with Crippen molar-refractivity contribution in [1.82, 2.24) is 14.5 Å². The molecule has 4 nitrogen and oxygen atoms in total. The van der Waals surface area contributed by atoms with Gasteiger partial charge in [-0.3, -0.25) is 4.79 Å². The van der Waals surface area contributed by atoms with Gasteiger partial charge in [-0.1, -0.05) is 17.7 Å². The van der Waals surface area contributed by atoms with Gasteiger partial charge in [-0.05, 0) is 43.9 Å². The standard InChI is InChI=1S/C18H23N3OS/c1-13-9-14(2)17(15(3)10-13)18-21(16(22)11-23-18)7-4-6-20-8-5-19-12-20/h5,8-10,12,18H,4,6-7,11H2,1-3H3. The number of aryl methyl sites for hydroxylation is 4. The van der Waals surface area contributed by atoms with Crippen molar-refractivity contribution in [3.63, 3.8) is 0 Å². The molecule has 1 atom stereocenters. The van der Waals surface area contributed by atoms with E-state index in [1.807, 2.05) is 17.4 Å². The molecule has 3 rings (SSSR count). The first-order chi connectivity index (χ1) is 11.1. The van der Waals surface area contributed by atoms with E-state index >= 15 is 0 Å². The molecule has 122 valence electrons. The lowest BCUT2D eigenvalue weighted by atomic mass is 9.99. The number of rotatable bonds is 5. The summed E-state index contributed by atoms with van der Waals surface area (Å²) in [6, 6.07) is 4.44. The smallest absolute Gasteiger partial charge is 0.233 e. The van der Waals surface area contributed by atoms with Gasteiger partial charge >= 0.3 is 0 Å². The van der Waals surface area contributed by atoms with Crippen LogP contribution in [0, 0.1) is 20.8 Å². The fourth-order valence-electron chi connectivity index (χ4n) is 3.36. The van der Waals surface area contributed by atoms with E-state index in [0.29, 0.717) is 5.75 Å². The van der Waals surface area contributed by atoms with Crippen LogP contribution in [-0.2, 0) is 11.3 Å². The molecule has 1 aliphatic heterocycles. The summed E-state index contributed by atoms with van der Waals surface area (Å²) in [4.78, 5) is 18.4. The van der Waals surface area contributed by atoms with E-state index in [0.717, 1.165) is 19.5 Å². The number of hydrogen-bond acceptors (Lipinski definition) is 3. The van der Waals surface area contributed by atoms with E-state index in [4.69, 9.17) is 0 Å². The Bertz CT molecular complexity index is 673. The van der Waals surface area contributed by atoms with E-state index in [1.54, 1.807) is 18.0 Å². The Hall–Kier alpha value is -1.75. The monoisotopic (exact) mass is 329 g/mol. The van der Waals surface area contributed by atoms with Crippen LogP contribution in [0.2, 0.25) is 0 Å². The molecule has 1 aromatic carbocycles. The predicted octanol–water partition coefficient (Wildman–Crippen LogP) is 3.47. The maximum Gasteiger partial charge on any atom is 0.233 e. The zero-order chi connectivity index (χ0) is 16.4. The molecular formula is C18H23N3OS. The molecule has 2 aromatic rings. The molecular weight excluding hydrogens is 306 g/mol. The third-order valence-corrected chi connectivity index (χ3v) is 5.55. The Labute approximate surface area is 141 Å².